The zero-order valence-corrected chi connectivity index (χ0v) is 11.3. The highest BCUT2D eigenvalue weighted by atomic mass is 19.4. The van der Waals surface area contributed by atoms with Crippen molar-refractivity contribution in [3.8, 4) is 0 Å². The molecule has 0 amide bonds. The predicted octanol–water partition coefficient (Wildman–Crippen LogP) is 3.91. The minimum absolute atomic E-state index is 0.0738. The van der Waals surface area contributed by atoms with E-state index in [1.807, 2.05) is 0 Å². The number of rotatable bonds is 12. The first-order valence-electron chi connectivity index (χ1n) is 6.91. The summed E-state index contributed by atoms with van der Waals surface area (Å²) in [6.45, 7) is 5.07. The third-order valence-corrected chi connectivity index (χ3v) is 2.57. The van der Waals surface area contributed by atoms with E-state index in [2.05, 4.69) is 12.2 Å². The molecule has 0 aliphatic rings. The first-order valence-corrected chi connectivity index (χ1v) is 6.91. The van der Waals surface area contributed by atoms with Crippen molar-refractivity contribution >= 4 is 0 Å². The Morgan fingerprint density at radius 1 is 0.889 bits per heavy atom. The molecular weight excluding hydrogens is 243 g/mol. The van der Waals surface area contributed by atoms with Crippen LogP contribution in [0, 0.1) is 0 Å². The first kappa shape index (κ1) is 17.7. The van der Waals surface area contributed by atoms with E-state index < -0.39 is 12.6 Å². The average molecular weight is 269 g/mol. The topological polar surface area (TPSA) is 21.3 Å². The number of hydrogen-bond donors (Lipinski definition) is 1. The Bertz CT molecular complexity index is 174. The lowest BCUT2D eigenvalue weighted by molar-refractivity contribution is -0.137. The van der Waals surface area contributed by atoms with Crippen LogP contribution in [0.2, 0.25) is 0 Å². The van der Waals surface area contributed by atoms with Crippen LogP contribution in [0.3, 0.4) is 0 Å². The number of alkyl halides is 3. The van der Waals surface area contributed by atoms with Crippen molar-refractivity contribution in [3.63, 3.8) is 0 Å². The molecule has 0 aromatic heterocycles. The van der Waals surface area contributed by atoms with E-state index in [1.54, 1.807) is 0 Å². The van der Waals surface area contributed by atoms with Gasteiger partial charge in [-0.05, 0) is 38.8 Å². The zero-order valence-electron chi connectivity index (χ0n) is 11.3. The molecule has 0 fully saturated rings. The summed E-state index contributed by atoms with van der Waals surface area (Å²) in [4.78, 5) is 0. The van der Waals surface area contributed by atoms with Crippen molar-refractivity contribution in [1.29, 1.82) is 0 Å². The Hall–Kier alpha value is -0.290. The highest BCUT2D eigenvalue weighted by Crippen LogP contribution is 2.20. The van der Waals surface area contributed by atoms with Crippen LogP contribution in [-0.2, 0) is 4.74 Å². The summed E-state index contributed by atoms with van der Waals surface area (Å²) in [6, 6.07) is 0. The minimum atomic E-state index is -4.05. The monoisotopic (exact) mass is 269 g/mol. The van der Waals surface area contributed by atoms with E-state index in [4.69, 9.17) is 4.74 Å². The van der Waals surface area contributed by atoms with Gasteiger partial charge in [-0.2, -0.15) is 13.2 Å². The fraction of sp³-hybridized carbons (Fsp3) is 1.00. The molecule has 0 bridgehead atoms. The van der Waals surface area contributed by atoms with Crippen LogP contribution in [0.15, 0.2) is 0 Å². The third-order valence-electron chi connectivity index (χ3n) is 2.57. The maximum absolute atomic E-state index is 11.8. The van der Waals surface area contributed by atoms with Crippen molar-refractivity contribution in [1.82, 2.24) is 5.32 Å². The van der Waals surface area contributed by atoms with Crippen molar-refractivity contribution in [3.05, 3.63) is 0 Å². The first-order chi connectivity index (χ1) is 8.56. The molecule has 0 atom stereocenters. The van der Waals surface area contributed by atoms with Crippen LogP contribution >= 0.6 is 0 Å². The molecule has 0 saturated heterocycles. The van der Waals surface area contributed by atoms with Gasteiger partial charge in [0.05, 0.1) is 0 Å². The quantitative estimate of drug-likeness (QED) is 0.542. The van der Waals surface area contributed by atoms with Crippen molar-refractivity contribution in [2.45, 2.75) is 58.0 Å². The molecule has 0 rings (SSSR count). The number of halogens is 3. The van der Waals surface area contributed by atoms with Crippen LogP contribution in [0.5, 0.6) is 0 Å². The van der Waals surface area contributed by atoms with Gasteiger partial charge in [0.25, 0.3) is 0 Å². The van der Waals surface area contributed by atoms with Crippen LogP contribution in [0.4, 0.5) is 13.2 Å². The molecule has 0 aromatic carbocycles. The Kier molecular flexibility index (Phi) is 11.6. The third kappa shape index (κ3) is 15.7. The van der Waals surface area contributed by atoms with E-state index in [9.17, 15) is 13.2 Å². The summed E-state index contributed by atoms with van der Waals surface area (Å²) >= 11 is 0. The largest absolute Gasteiger partial charge is 0.389 e. The summed E-state index contributed by atoms with van der Waals surface area (Å²) in [5.74, 6) is 0. The molecule has 0 heterocycles. The van der Waals surface area contributed by atoms with Crippen molar-refractivity contribution in [2.75, 3.05) is 26.3 Å². The summed E-state index contributed by atoms with van der Waals surface area (Å²) in [5, 5.41) is 3.33. The maximum Gasteiger partial charge on any atom is 0.389 e. The summed E-state index contributed by atoms with van der Waals surface area (Å²) in [5.41, 5.74) is 0. The Labute approximate surface area is 108 Å². The molecule has 0 radical (unpaired) electrons. The van der Waals surface area contributed by atoms with Gasteiger partial charge in [-0.1, -0.05) is 19.8 Å². The molecule has 0 aliphatic heterocycles. The van der Waals surface area contributed by atoms with Crippen LogP contribution in [0.1, 0.15) is 51.9 Å². The van der Waals surface area contributed by atoms with Gasteiger partial charge in [0.1, 0.15) is 0 Å². The minimum Gasteiger partial charge on any atom is -0.381 e. The SMILES string of the molecule is CCCNCCCCCCOCCCC(F)(F)F. The highest BCUT2D eigenvalue weighted by Gasteiger charge is 2.25. The normalized spacial score (nSPS) is 12.0. The van der Waals surface area contributed by atoms with Gasteiger partial charge in [0.2, 0.25) is 0 Å². The van der Waals surface area contributed by atoms with E-state index in [0.29, 0.717) is 6.61 Å². The maximum atomic E-state index is 11.8. The standard InChI is InChI=1S/C13H26F3NO/c1-2-9-17-10-5-3-4-6-11-18-12-7-8-13(14,15)16/h17H,2-12H2,1H3. The Balaban J connectivity index is 2.99. The van der Waals surface area contributed by atoms with Crippen molar-refractivity contribution in [2.24, 2.45) is 0 Å². The molecule has 18 heavy (non-hydrogen) atoms. The summed E-state index contributed by atoms with van der Waals surface area (Å²) < 4.78 is 40.6. The number of nitrogens with one attached hydrogen (secondary N) is 1. The van der Waals surface area contributed by atoms with E-state index in [1.165, 1.54) is 0 Å². The summed E-state index contributed by atoms with van der Waals surface area (Å²) in [7, 11) is 0. The Morgan fingerprint density at radius 3 is 2.22 bits per heavy atom. The predicted molar refractivity (Wildman–Crippen MR) is 67.7 cm³/mol. The number of unbranched alkanes of at least 4 members (excludes halogenated alkanes) is 3. The lowest BCUT2D eigenvalue weighted by atomic mass is 10.2. The number of ether oxygens (including phenoxy) is 1. The molecule has 110 valence electrons. The second kappa shape index (κ2) is 11.8. The van der Waals surface area contributed by atoms with Gasteiger partial charge in [-0.15, -0.1) is 0 Å². The van der Waals surface area contributed by atoms with E-state index in [-0.39, 0.29) is 13.0 Å². The molecule has 1 N–H and O–H groups in total. The lowest BCUT2D eigenvalue weighted by Crippen LogP contribution is -2.15. The van der Waals surface area contributed by atoms with Crippen molar-refractivity contribution < 1.29 is 17.9 Å². The van der Waals surface area contributed by atoms with Gasteiger partial charge in [0, 0.05) is 19.6 Å². The zero-order chi connectivity index (χ0) is 13.7. The van der Waals surface area contributed by atoms with E-state index >= 15 is 0 Å². The average Bonchev–Trinajstić information content (AvgIpc) is 2.29. The van der Waals surface area contributed by atoms with Gasteiger partial charge >= 0.3 is 6.18 Å². The Morgan fingerprint density at radius 2 is 1.56 bits per heavy atom. The van der Waals surface area contributed by atoms with Crippen LogP contribution < -0.4 is 5.32 Å². The molecule has 0 aromatic rings. The lowest BCUT2D eigenvalue weighted by Gasteiger charge is -2.07. The van der Waals surface area contributed by atoms with Gasteiger partial charge in [-0.3, -0.25) is 0 Å². The number of hydrogen-bond acceptors (Lipinski definition) is 2. The molecule has 2 nitrogen and oxygen atoms in total. The molecule has 0 aliphatic carbocycles. The molecule has 0 spiro atoms. The van der Waals surface area contributed by atoms with Crippen LogP contribution in [0.25, 0.3) is 0 Å². The molecular formula is C13H26F3NO. The fourth-order valence-corrected chi connectivity index (χ4v) is 1.59. The smallest absolute Gasteiger partial charge is 0.381 e. The fourth-order valence-electron chi connectivity index (χ4n) is 1.59. The molecule has 0 saturated carbocycles. The second-order valence-corrected chi connectivity index (χ2v) is 4.50. The molecule has 0 unspecified atom stereocenters. The van der Waals surface area contributed by atoms with Gasteiger partial charge < -0.3 is 10.1 Å². The second-order valence-electron chi connectivity index (χ2n) is 4.50. The summed E-state index contributed by atoms with van der Waals surface area (Å²) in [6.07, 6.45) is 0.796. The van der Waals surface area contributed by atoms with Gasteiger partial charge in [-0.25, -0.2) is 0 Å². The van der Waals surface area contributed by atoms with Gasteiger partial charge in [0.15, 0.2) is 0 Å². The highest BCUT2D eigenvalue weighted by molar-refractivity contribution is 4.50. The van der Waals surface area contributed by atoms with E-state index in [0.717, 1.165) is 45.2 Å². The van der Waals surface area contributed by atoms with Crippen LogP contribution in [-0.4, -0.2) is 32.5 Å². The molecule has 5 heteroatoms.